The number of hydrogen-bond acceptors (Lipinski definition) is 7. The Labute approximate surface area is 108 Å². The van der Waals surface area contributed by atoms with Crippen molar-refractivity contribution >= 4 is 11.4 Å². The molecule has 1 aromatic carbocycles. The second-order valence-corrected chi connectivity index (χ2v) is 4.21. The van der Waals surface area contributed by atoms with Crippen molar-refractivity contribution in [1.82, 2.24) is 0 Å². The maximum Gasteiger partial charge on any atom is 0.269 e. The molecule has 8 nitrogen and oxygen atoms in total. The van der Waals surface area contributed by atoms with E-state index in [1.807, 2.05) is 0 Å². The largest absolute Gasteiger partial charge is 0.394 e. The fourth-order valence-corrected chi connectivity index (χ4v) is 1.86. The molecule has 0 saturated carbocycles. The molecule has 104 valence electrons. The van der Waals surface area contributed by atoms with Crippen molar-refractivity contribution in [1.29, 1.82) is 0 Å². The lowest BCUT2D eigenvalue weighted by atomic mass is 10.1. The van der Waals surface area contributed by atoms with E-state index in [-0.39, 0.29) is 5.69 Å². The van der Waals surface area contributed by atoms with Crippen LogP contribution in [0.2, 0.25) is 0 Å². The predicted molar refractivity (Wildman–Crippen MR) is 64.5 cm³/mol. The van der Waals surface area contributed by atoms with Crippen molar-refractivity contribution in [3.05, 3.63) is 34.4 Å². The van der Waals surface area contributed by atoms with E-state index < -0.39 is 36.1 Å². The molecule has 1 aliphatic rings. The lowest BCUT2D eigenvalue weighted by molar-refractivity contribution is -0.384. The van der Waals surface area contributed by atoms with Gasteiger partial charge < -0.3 is 25.4 Å². The van der Waals surface area contributed by atoms with E-state index in [9.17, 15) is 20.3 Å². The molecular weight excluding hydrogens is 256 g/mol. The van der Waals surface area contributed by atoms with Crippen LogP contribution in [-0.4, -0.2) is 51.4 Å². The quantitative estimate of drug-likeness (QED) is 0.427. The van der Waals surface area contributed by atoms with Crippen LogP contribution in [0.5, 0.6) is 0 Å². The molecule has 0 spiro atoms. The molecule has 1 aromatic rings. The summed E-state index contributed by atoms with van der Waals surface area (Å²) in [4.78, 5) is 9.98. The van der Waals surface area contributed by atoms with Gasteiger partial charge in [-0.3, -0.25) is 10.1 Å². The number of nitrogens with zero attached hydrogens (tertiary/aromatic N) is 1. The molecule has 1 fully saturated rings. The number of aliphatic hydroxyl groups is 3. The van der Waals surface area contributed by atoms with Gasteiger partial charge in [0.2, 0.25) is 0 Å². The van der Waals surface area contributed by atoms with Gasteiger partial charge in [0.05, 0.1) is 11.5 Å². The Morgan fingerprint density at radius 3 is 2.37 bits per heavy atom. The van der Waals surface area contributed by atoms with Gasteiger partial charge in [-0.1, -0.05) is 0 Å². The highest BCUT2D eigenvalue weighted by molar-refractivity contribution is 5.49. The van der Waals surface area contributed by atoms with E-state index in [2.05, 4.69) is 5.32 Å². The summed E-state index contributed by atoms with van der Waals surface area (Å²) < 4.78 is 5.22. The molecule has 0 radical (unpaired) electrons. The second kappa shape index (κ2) is 5.49. The molecule has 0 bridgehead atoms. The second-order valence-electron chi connectivity index (χ2n) is 4.21. The molecule has 8 heteroatoms. The monoisotopic (exact) mass is 270 g/mol. The van der Waals surface area contributed by atoms with Gasteiger partial charge in [0, 0.05) is 17.8 Å². The third-order valence-corrected chi connectivity index (χ3v) is 2.93. The van der Waals surface area contributed by atoms with E-state index in [1.54, 1.807) is 0 Å². The first-order chi connectivity index (χ1) is 9.02. The van der Waals surface area contributed by atoms with Gasteiger partial charge in [-0.2, -0.15) is 0 Å². The van der Waals surface area contributed by atoms with Crippen molar-refractivity contribution in [2.24, 2.45) is 0 Å². The predicted octanol–water partition coefficient (Wildman–Crippen LogP) is -0.554. The Hall–Kier alpha value is -1.74. The highest BCUT2D eigenvalue weighted by Crippen LogP contribution is 2.24. The number of nitro benzene ring substituents is 1. The van der Waals surface area contributed by atoms with Crippen LogP contribution in [0.15, 0.2) is 24.3 Å². The standard InChI is InChI=1S/C11H14N2O6/c14-5-8-9(15)10(16)11(19-8)12-6-1-3-7(4-2-6)13(17)18/h1-4,8-12,14-16H,5H2/t8-,9-,10+,11+/m0/s1. The summed E-state index contributed by atoms with van der Waals surface area (Å²) in [5.41, 5.74) is 0.451. The van der Waals surface area contributed by atoms with Crippen LogP contribution < -0.4 is 5.32 Å². The first kappa shape index (κ1) is 13.7. The van der Waals surface area contributed by atoms with Crippen LogP contribution in [0.1, 0.15) is 0 Å². The number of benzene rings is 1. The van der Waals surface area contributed by atoms with E-state index >= 15 is 0 Å². The Kier molecular flexibility index (Phi) is 3.96. The Morgan fingerprint density at radius 2 is 1.89 bits per heavy atom. The van der Waals surface area contributed by atoms with Gasteiger partial charge in [0.15, 0.2) is 6.23 Å². The topological polar surface area (TPSA) is 125 Å². The smallest absolute Gasteiger partial charge is 0.269 e. The summed E-state index contributed by atoms with van der Waals surface area (Å²) in [6.45, 7) is -0.406. The minimum Gasteiger partial charge on any atom is -0.394 e. The summed E-state index contributed by atoms with van der Waals surface area (Å²) >= 11 is 0. The van der Waals surface area contributed by atoms with Crippen LogP contribution in [0, 0.1) is 10.1 Å². The fourth-order valence-electron chi connectivity index (χ4n) is 1.86. The van der Waals surface area contributed by atoms with Crippen molar-refractivity contribution in [2.75, 3.05) is 11.9 Å². The number of nitrogens with one attached hydrogen (secondary N) is 1. The van der Waals surface area contributed by atoms with Crippen LogP contribution >= 0.6 is 0 Å². The van der Waals surface area contributed by atoms with Gasteiger partial charge in [0.25, 0.3) is 5.69 Å². The van der Waals surface area contributed by atoms with Gasteiger partial charge in [-0.25, -0.2) is 0 Å². The summed E-state index contributed by atoms with van der Waals surface area (Å²) in [7, 11) is 0. The zero-order valence-electron chi connectivity index (χ0n) is 9.84. The highest BCUT2D eigenvalue weighted by atomic mass is 16.6. The van der Waals surface area contributed by atoms with Gasteiger partial charge >= 0.3 is 0 Å². The maximum atomic E-state index is 10.5. The zero-order chi connectivity index (χ0) is 14.0. The Morgan fingerprint density at radius 1 is 1.26 bits per heavy atom. The van der Waals surface area contributed by atoms with Gasteiger partial charge in [-0.05, 0) is 12.1 Å². The SMILES string of the molecule is O=[N+]([O-])c1ccc(N[C@@H]2O[C@@H](CO)[C@H](O)[C@H]2O)cc1. The lowest BCUT2D eigenvalue weighted by Gasteiger charge is -2.17. The number of ether oxygens (including phenoxy) is 1. The first-order valence-corrected chi connectivity index (χ1v) is 5.66. The third kappa shape index (κ3) is 2.82. The van der Waals surface area contributed by atoms with Crippen LogP contribution in [0.4, 0.5) is 11.4 Å². The molecule has 0 aromatic heterocycles. The molecule has 1 aliphatic heterocycles. The minimum atomic E-state index is -1.19. The fraction of sp³-hybridized carbons (Fsp3) is 0.455. The summed E-state index contributed by atoms with van der Waals surface area (Å²) in [5, 5.41) is 41.5. The van der Waals surface area contributed by atoms with E-state index in [4.69, 9.17) is 9.84 Å². The van der Waals surface area contributed by atoms with Crippen molar-refractivity contribution < 1.29 is 25.0 Å². The molecule has 0 unspecified atom stereocenters. The lowest BCUT2D eigenvalue weighted by Crippen LogP contribution is -2.36. The molecule has 0 amide bonds. The molecule has 1 saturated heterocycles. The normalized spacial score (nSPS) is 30.3. The molecule has 4 atom stereocenters. The summed E-state index contributed by atoms with van der Waals surface area (Å²) in [6.07, 6.45) is -4.10. The average Bonchev–Trinajstić information content (AvgIpc) is 2.67. The van der Waals surface area contributed by atoms with Crippen molar-refractivity contribution in [2.45, 2.75) is 24.5 Å². The van der Waals surface area contributed by atoms with Crippen LogP contribution in [0.25, 0.3) is 0 Å². The molecule has 19 heavy (non-hydrogen) atoms. The van der Waals surface area contributed by atoms with Gasteiger partial charge in [0.1, 0.15) is 18.3 Å². The summed E-state index contributed by atoms with van der Waals surface area (Å²) in [6, 6.07) is 5.55. The minimum absolute atomic E-state index is 0.0493. The number of aliphatic hydroxyl groups excluding tert-OH is 3. The number of nitro groups is 1. The number of hydrogen-bond donors (Lipinski definition) is 4. The first-order valence-electron chi connectivity index (χ1n) is 5.66. The molecule has 0 aliphatic carbocycles. The third-order valence-electron chi connectivity index (χ3n) is 2.93. The van der Waals surface area contributed by atoms with Crippen molar-refractivity contribution in [3.63, 3.8) is 0 Å². The van der Waals surface area contributed by atoms with Crippen molar-refractivity contribution in [3.8, 4) is 0 Å². The molecule has 2 rings (SSSR count). The highest BCUT2D eigenvalue weighted by Gasteiger charge is 2.42. The van der Waals surface area contributed by atoms with E-state index in [0.29, 0.717) is 5.69 Å². The van der Waals surface area contributed by atoms with Gasteiger partial charge in [-0.15, -0.1) is 0 Å². The van der Waals surface area contributed by atoms with E-state index in [0.717, 1.165) is 0 Å². The van der Waals surface area contributed by atoms with E-state index in [1.165, 1.54) is 24.3 Å². The number of rotatable bonds is 4. The number of anilines is 1. The Balaban J connectivity index is 2.03. The summed E-state index contributed by atoms with van der Waals surface area (Å²) in [5.74, 6) is 0. The molecular formula is C11H14N2O6. The average molecular weight is 270 g/mol. The van der Waals surface area contributed by atoms with Crippen LogP contribution in [-0.2, 0) is 4.74 Å². The molecule has 1 heterocycles. The number of non-ortho nitro benzene ring substituents is 1. The zero-order valence-corrected chi connectivity index (χ0v) is 9.84. The Bertz CT molecular complexity index is 451. The molecule has 4 N–H and O–H groups in total. The van der Waals surface area contributed by atoms with Crippen LogP contribution in [0.3, 0.4) is 0 Å². The maximum absolute atomic E-state index is 10.5.